The Hall–Kier alpha value is -3.88. The second-order valence-electron chi connectivity index (χ2n) is 6.00. The number of nitrogens with zero attached hydrogens (tertiary/aromatic N) is 3. The number of hydrogen-bond donors (Lipinski definition) is 1. The van der Waals surface area contributed by atoms with Crippen LogP contribution in [0.15, 0.2) is 47.8 Å². The smallest absolute Gasteiger partial charge is 0.308 e. The maximum Gasteiger partial charge on any atom is 0.308 e. The van der Waals surface area contributed by atoms with Crippen molar-refractivity contribution in [2.24, 2.45) is 5.10 Å². The van der Waals surface area contributed by atoms with E-state index in [1.165, 1.54) is 27.4 Å². The van der Waals surface area contributed by atoms with Gasteiger partial charge in [0.05, 0.1) is 37.8 Å². The van der Waals surface area contributed by atoms with E-state index in [0.717, 1.165) is 11.0 Å². The molecule has 0 fully saturated rings. The van der Waals surface area contributed by atoms with Gasteiger partial charge in [0.25, 0.3) is 5.91 Å². The average Bonchev–Trinajstić information content (AvgIpc) is 3.11. The topological polar surface area (TPSA) is 104 Å². The first-order chi connectivity index (χ1) is 14.0. The fourth-order valence-electron chi connectivity index (χ4n) is 2.72. The molecule has 2 aromatic carbocycles. The summed E-state index contributed by atoms with van der Waals surface area (Å²) in [7, 11) is 2.89. The van der Waals surface area contributed by atoms with E-state index < -0.39 is 5.97 Å². The molecule has 0 aliphatic heterocycles. The molecule has 0 saturated carbocycles. The molecule has 0 aliphatic carbocycles. The number of carbonyl (C=O) groups is 2. The Morgan fingerprint density at radius 2 is 1.86 bits per heavy atom. The van der Waals surface area contributed by atoms with Crippen molar-refractivity contribution in [1.29, 1.82) is 0 Å². The van der Waals surface area contributed by atoms with E-state index in [9.17, 15) is 9.59 Å². The number of hydrogen-bond acceptors (Lipinski definition) is 7. The summed E-state index contributed by atoms with van der Waals surface area (Å²) in [6, 6.07) is 10.8. The highest BCUT2D eigenvalue weighted by atomic mass is 16.6. The molecule has 1 aromatic heterocycles. The summed E-state index contributed by atoms with van der Waals surface area (Å²) in [4.78, 5) is 27.7. The summed E-state index contributed by atoms with van der Waals surface area (Å²) in [5.74, 6) is -0.0210. The predicted molar refractivity (Wildman–Crippen MR) is 106 cm³/mol. The van der Waals surface area contributed by atoms with Crippen molar-refractivity contribution < 1.29 is 23.8 Å². The number of hydrazone groups is 1. The van der Waals surface area contributed by atoms with Crippen molar-refractivity contribution >= 4 is 29.1 Å². The number of carbonyl (C=O) groups excluding carboxylic acids is 2. The molecule has 9 heteroatoms. The molecular weight excluding hydrogens is 376 g/mol. The van der Waals surface area contributed by atoms with Crippen LogP contribution in [0.25, 0.3) is 11.0 Å². The maximum absolute atomic E-state index is 12.2. The van der Waals surface area contributed by atoms with Gasteiger partial charge in [-0.15, -0.1) is 0 Å². The molecule has 0 atom stereocenters. The quantitative estimate of drug-likeness (QED) is 0.284. The van der Waals surface area contributed by atoms with Gasteiger partial charge in [-0.3, -0.25) is 9.59 Å². The first kappa shape index (κ1) is 19.9. The Morgan fingerprint density at radius 1 is 1.17 bits per heavy atom. The third kappa shape index (κ3) is 4.70. The molecule has 3 rings (SSSR count). The molecule has 0 radical (unpaired) electrons. The molecule has 3 aromatic rings. The van der Waals surface area contributed by atoms with Crippen LogP contribution in [0.1, 0.15) is 12.5 Å². The Kier molecular flexibility index (Phi) is 6.08. The van der Waals surface area contributed by atoms with Crippen LogP contribution >= 0.6 is 0 Å². The zero-order valence-electron chi connectivity index (χ0n) is 16.2. The van der Waals surface area contributed by atoms with Gasteiger partial charge in [-0.05, 0) is 24.3 Å². The minimum Gasteiger partial charge on any atom is -0.493 e. The highest BCUT2D eigenvalue weighted by Gasteiger charge is 2.15. The summed E-state index contributed by atoms with van der Waals surface area (Å²) >= 11 is 0. The van der Waals surface area contributed by atoms with Gasteiger partial charge < -0.3 is 18.8 Å². The van der Waals surface area contributed by atoms with Crippen LogP contribution < -0.4 is 19.6 Å². The Morgan fingerprint density at radius 3 is 2.52 bits per heavy atom. The number of methoxy groups -OCH3 is 2. The number of amides is 1. The number of fused-ring (bicyclic) bond motifs is 1. The molecule has 1 N–H and O–H groups in total. The average molecular weight is 396 g/mol. The van der Waals surface area contributed by atoms with Crippen molar-refractivity contribution in [3.8, 4) is 17.2 Å². The molecule has 29 heavy (non-hydrogen) atoms. The van der Waals surface area contributed by atoms with E-state index >= 15 is 0 Å². The van der Waals surface area contributed by atoms with Crippen LogP contribution in [0.2, 0.25) is 0 Å². The number of benzene rings is 2. The zero-order valence-corrected chi connectivity index (χ0v) is 16.2. The monoisotopic (exact) mass is 396 g/mol. The Labute approximate surface area is 166 Å². The fraction of sp³-hybridized carbons (Fsp3) is 0.200. The van der Waals surface area contributed by atoms with Crippen molar-refractivity contribution in [2.75, 3.05) is 14.2 Å². The number of nitrogens with one attached hydrogen (secondary N) is 1. The van der Waals surface area contributed by atoms with Gasteiger partial charge in [-0.25, -0.2) is 10.4 Å². The minimum absolute atomic E-state index is 0.0793. The van der Waals surface area contributed by atoms with Gasteiger partial charge in [0.15, 0.2) is 11.5 Å². The number of aromatic nitrogens is 2. The van der Waals surface area contributed by atoms with E-state index in [0.29, 0.717) is 17.1 Å². The first-order valence-electron chi connectivity index (χ1n) is 8.68. The van der Waals surface area contributed by atoms with Gasteiger partial charge in [0.1, 0.15) is 6.54 Å². The zero-order chi connectivity index (χ0) is 20.8. The summed E-state index contributed by atoms with van der Waals surface area (Å²) < 4.78 is 17.4. The van der Waals surface area contributed by atoms with Crippen molar-refractivity contribution in [2.45, 2.75) is 13.5 Å². The van der Waals surface area contributed by atoms with E-state index in [2.05, 4.69) is 15.5 Å². The molecule has 1 amide bonds. The number of ether oxygens (including phenoxy) is 3. The lowest BCUT2D eigenvalue weighted by molar-refractivity contribution is -0.132. The van der Waals surface area contributed by atoms with Crippen LogP contribution in [-0.4, -0.2) is 41.9 Å². The molecule has 0 unspecified atom stereocenters. The molecule has 0 saturated heterocycles. The molecule has 150 valence electrons. The Bertz CT molecular complexity index is 1050. The van der Waals surface area contributed by atoms with Crippen LogP contribution in [0, 0.1) is 0 Å². The third-order valence-electron chi connectivity index (χ3n) is 3.97. The second-order valence-corrected chi connectivity index (χ2v) is 6.00. The molecule has 0 spiro atoms. The summed E-state index contributed by atoms with van der Waals surface area (Å²) in [6.07, 6.45) is 3.05. The number of esters is 1. The van der Waals surface area contributed by atoms with E-state index in [1.807, 2.05) is 24.3 Å². The molecule has 9 nitrogen and oxygen atoms in total. The van der Waals surface area contributed by atoms with Gasteiger partial charge in [-0.1, -0.05) is 12.1 Å². The van der Waals surface area contributed by atoms with E-state index in [-0.39, 0.29) is 18.2 Å². The SMILES string of the molecule is COc1cc(C=NNC(=O)Cn2cnc3ccccc32)cc(OC)c1OC(C)=O. The molecule has 0 aliphatic rings. The van der Waals surface area contributed by atoms with Gasteiger partial charge in [0.2, 0.25) is 5.75 Å². The minimum atomic E-state index is -0.498. The number of para-hydroxylation sites is 2. The van der Waals surface area contributed by atoms with Crippen molar-refractivity contribution in [3.05, 3.63) is 48.3 Å². The lowest BCUT2D eigenvalue weighted by atomic mass is 10.2. The lowest BCUT2D eigenvalue weighted by Gasteiger charge is -2.13. The predicted octanol–water partition coefficient (Wildman–Crippen LogP) is 2.13. The van der Waals surface area contributed by atoms with Gasteiger partial charge in [0, 0.05) is 12.5 Å². The largest absolute Gasteiger partial charge is 0.493 e. The highest BCUT2D eigenvalue weighted by Crippen LogP contribution is 2.38. The normalized spacial score (nSPS) is 10.9. The Balaban J connectivity index is 1.70. The third-order valence-corrected chi connectivity index (χ3v) is 3.97. The highest BCUT2D eigenvalue weighted by molar-refractivity contribution is 5.85. The van der Waals surface area contributed by atoms with Gasteiger partial charge >= 0.3 is 5.97 Å². The van der Waals surface area contributed by atoms with E-state index in [1.54, 1.807) is 23.0 Å². The van der Waals surface area contributed by atoms with Gasteiger partial charge in [-0.2, -0.15) is 5.10 Å². The lowest BCUT2D eigenvalue weighted by Crippen LogP contribution is -2.22. The van der Waals surface area contributed by atoms with Crippen molar-refractivity contribution in [3.63, 3.8) is 0 Å². The number of imidazole rings is 1. The van der Waals surface area contributed by atoms with Crippen molar-refractivity contribution in [1.82, 2.24) is 15.0 Å². The van der Waals surface area contributed by atoms with Crippen LogP contribution in [0.3, 0.4) is 0 Å². The first-order valence-corrected chi connectivity index (χ1v) is 8.68. The summed E-state index contributed by atoms with van der Waals surface area (Å²) in [6.45, 7) is 1.36. The second kappa shape index (κ2) is 8.87. The molecule has 0 bridgehead atoms. The van der Waals surface area contributed by atoms with E-state index in [4.69, 9.17) is 14.2 Å². The standard InChI is InChI=1S/C20H20N4O5/c1-13(25)29-20-17(27-2)8-14(9-18(20)28-3)10-22-23-19(26)11-24-12-21-15-6-4-5-7-16(15)24/h4-10,12H,11H2,1-3H3,(H,23,26). The molecular formula is C20H20N4O5. The number of rotatable bonds is 7. The molecule has 1 heterocycles. The van der Waals surface area contributed by atoms with Crippen LogP contribution in [0.4, 0.5) is 0 Å². The fourth-order valence-corrected chi connectivity index (χ4v) is 2.72. The van der Waals surface area contributed by atoms with Crippen LogP contribution in [0.5, 0.6) is 17.2 Å². The summed E-state index contributed by atoms with van der Waals surface area (Å²) in [5, 5.41) is 3.97. The summed E-state index contributed by atoms with van der Waals surface area (Å²) in [5.41, 5.74) is 4.74. The maximum atomic E-state index is 12.2. The van der Waals surface area contributed by atoms with Crippen LogP contribution in [-0.2, 0) is 16.1 Å².